The number of hydrogen-bond acceptors (Lipinski definition) is 2. The summed E-state index contributed by atoms with van der Waals surface area (Å²) in [5, 5.41) is 0. The maximum atomic E-state index is 12.5. The fourth-order valence-electron chi connectivity index (χ4n) is 3.49. The lowest BCUT2D eigenvalue weighted by Gasteiger charge is -2.36. The predicted octanol–water partition coefficient (Wildman–Crippen LogP) is 2.36. The molecule has 0 unspecified atom stereocenters. The maximum Gasteiger partial charge on any atom is 0.320 e. The lowest BCUT2D eigenvalue weighted by atomic mass is 10.0. The zero-order valence-electron chi connectivity index (χ0n) is 14.0. The first kappa shape index (κ1) is 15.8. The van der Waals surface area contributed by atoms with Crippen LogP contribution in [0.25, 0.3) is 0 Å². The van der Waals surface area contributed by atoms with Crippen molar-refractivity contribution in [3.8, 4) is 0 Å². The smallest absolute Gasteiger partial charge is 0.320 e. The van der Waals surface area contributed by atoms with Crippen LogP contribution in [0.2, 0.25) is 0 Å². The zero-order chi connectivity index (χ0) is 16.4. The van der Waals surface area contributed by atoms with E-state index >= 15 is 0 Å². The molecule has 0 atom stereocenters. The van der Waals surface area contributed by atoms with Gasteiger partial charge in [0.2, 0.25) is 0 Å². The van der Waals surface area contributed by atoms with Gasteiger partial charge in [-0.2, -0.15) is 0 Å². The Morgan fingerprint density at radius 1 is 1.09 bits per heavy atom. The van der Waals surface area contributed by atoms with Crippen LogP contribution in [-0.4, -0.2) is 65.4 Å². The topological polar surface area (TPSA) is 43.9 Å². The molecule has 5 nitrogen and oxygen atoms in total. The zero-order valence-corrected chi connectivity index (χ0v) is 14.0. The quantitative estimate of drug-likeness (QED) is 0.859. The summed E-state index contributed by atoms with van der Waals surface area (Å²) in [4.78, 5) is 30.6. The van der Waals surface area contributed by atoms with Gasteiger partial charge in [-0.3, -0.25) is 4.79 Å². The van der Waals surface area contributed by atoms with Crippen LogP contribution < -0.4 is 0 Å². The lowest BCUT2D eigenvalue weighted by molar-refractivity contribution is 0.0663. The third-order valence-corrected chi connectivity index (χ3v) is 5.00. The third-order valence-electron chi connectivity index (χ3n) is 5.00. The number of carbonyl (C=O) groups is 2. The van der Waals surface area contributed by atoms with E-state index in [4.69, 9.17) is 0 Å². The molecule has 0 bridgehead atoms. The van der Waals surface area contributed by atoms with Gasteiger partial charge in [-0.15, -0.1) is 0 Å². The number of benzene rings is 1. The average Bonchev–Trinajstić information content (AvgIpc) is 2.96. The van der Waals surface area contributed by atoms with Crippen molar-refractivity contribution >= 4 is 11.9 Å². The van der Waals surface area contributed by atoms with Crippen LogP contribution >= 0.6 is 0 Å². The first-order valence-corrected chi connectivity index (χ1v) is 8.51. The van der Waals surface area contributed by atoms with Crippen LogP contribution in [0, 0.1) is 6.92 Å². The highest BCUT2D eigenvalue weighted by Gasteiger charge is 2.35. The van der Waals surface area contributed by atoms with Crippen molar-refractivity contribution in [2.75, 3.05) is 32.7 Å². The number of likely N-dealkylation sites (tertiary alicyclic amines) is 1. The number of aryl methyl sites for hydroxylation is 1. The second kappa shape index (κ2) is 6.60. The summed E-state index contributed by atoms with van der Waals surface area (Å²) in [6.07, 6.45) is 1.75. The Morgan fingerprint density at radius 2 is 1.74 bits per heavy atom. The fourth-order valence-corrected chi connectivity index (χ4v) is 3.49. The standard InChI is InChI=1S/C18H25N3O2/c1-3-19-12-13-21(18(19)23)16-8-10-20(11-9-16)17(22)15-6-4-14(2)5-7-15/h4-7,16H,3,8-13H2,1-2H3. The number of carbonyl (C=O) groups excluding carboxylic acids is 2. The molecular formula is C18H25N3O2. The van der Waals surface area contributed by atoms with E-state index in [0.29, 0.717) is 0 Å². The molecule has 1 aromatic carbocycles. The number of piperidine rings is 1. The first-order chi connectivity index (χ1) is 11.1. The number of rotatable bonds is 3. The molecule has 0 saturated carbocycles. The minimum absolute atomic E-state index is 0.103. The van der Waals surface area contributed by atoms with Gasteiger partial charge in [0.15, 0.2) is 0 Å². The molecule has 2 saturated heterocycles. The molecule has 2 fully saturated rings. The van der Waals surface area contributed by atoms with Crippen LogP contribution in [0.3, 0.4) is 0 Å². The molecule has 0 N–H and O–H groups in total. The molecular weight excluding hydrogens is 290 g/mol. The summed E-state index contributed by atoms with van der Waals surface area (Å²) in [6.45, 7) is 7.93. The van der Waals surface area contributed by atoms with Gasteiger partial charge in [0.05, 0.1) is 0 Å². The van der Waals surface area contributed by atoms with Crippen molar-refractivity contribution in [1.29, 1.82) is 0 Å². The van der Waals surface area contributed by atoms with Gasteiger partial charge < -0.3 is 14.7 Å². The summed E-state index contributed by atoms with van der Waals surface area (Å²) in [6, 6.07) is 8.18. The Bertz CT molecular complexity index is 576. The second-order valence-corrected chi connectivity index (χ2v) is 6.45. The van der Waals surface area contributed by atoms with Crippen LogP contribution in [0.4, 0.5) is 4.79 Å². The molecule has 0 aliphatic carbocycles. The van der Waals surface area contributed by atoms with E-state index in [1.54, 1.807) is 0 Å². The van der Waals surface area contributed by atoms with Gasteiger partial charge in [0.25, 0.3) is 5.91 Å². The minimum Gasteiger partial charge on any atom is -0.338 e. The van der Waals surface area contributed by atoms with Crippen molar-refractivity contribution in [3.63, 3.8) is 0 Å². The summed E-state index contributed by atoms with van der Waals surface area (Å²) in [5.41, 5.74) is 1.91. The largest absolute Gasteiger partial charge is 0.338 e. The number of hydrogen-bond donors (Lipinski definition) is 0. The summed E-state index contributed by atoms with van der Waals surface area (Å²) in [7, 11) is 0. The van der Waals surface area contributed by atoms with E-state index < -0.39 is 0 Å². The Balaban J connectivity index is 1.57. The summed E-state index contributed by atoms with van der Waals surface area (Å²) < 4.78 is 0. The summed E-state index contributed by atoms with van der Waals surface area (Å²) >= 11 is 0. The molecule has 3 amide bonds. The van der Waals surface area contributed by atoms with Gasteiger partial charge in [0.1, 0.15) is 0 Å². The summed E-state index contributed by atoms with van der Waals surface area (Å²) in [5.74, 6) is 0.103. The lowest BCUT2D eigenvalue weighted by Crippen LogP contribution is -2.48. The number of nitrogens with zero attached hydrogens (tertiary/aromatic N) is 3. The highest BCUT2D eigenvalue weighted by molar-refractivity contribution is 5.94. The van der Waals surface area contributed by atoms with Crippen LogP contribution in [-0.2, 0) is 0 Å². The number of urea groups is 1. The Labute approximate surface area is 137 Å². The van der Waals surface area contributed by atoms with Crippen molar-refractivity contribution in [2.45, 2.75) is 32.7 Å². The molecule has 0 aromatic heterocycles. The van der Waals surface area contributed by atoms with Crippen LogP contribution in [0.1, 0.15) is 35.7 Å². The Morgan fingerprint density at radius 3 is 2.30 bits per heavy atom. The molecule has 124 valence electrons. The molecule has 23 heavy (non-hydrogen) atoms. The fraction of sp³-hybridized carbons (Fsp3) is 0.556. The molecule has 0 radical (unpaired) electrons. The normalized spacial score (nSPS) is 19.6. The minimum atomic E-state index is 0.103. The molecule has 2 heterocycles. The van der Waals surface area contributed by atoms with E-state index in [9.17, 15) is 9.59 Å². The Hall–Kier alpha value is -2.04. The van der Waals surface area contributed by atoms with E-state index in [0.717, 1.165) is 56.7 Å². The maximum absolute atomic E-state index is 12.5. The number of likely N-dealkylation sites (N-methyl/N-ethyl adjacent to an activating group) is 1. The van der Waals surface area contributed by atoms with Gasteiger partial charge in [-0.25, -0.2) is 4.79 Å². The molecule has 2 aliphatic rings. The number of amides is 3. The van der Waals surface area contributed by atoms with Crippen molar-refractivity contribution < 1.29 is 9.59 Å². The molecule has 5 heteroatoms. The van der Waals surface area contributed by atoms with Crippen molar-refractivity contribution in [3.05, 3.63) is 35.4 Å². The molecule has 2 aliphatic heterocycles. The molecule has 1 aromatic rings. The van der Waals surface area contributed by atoms with Gasteiger partial charge in [0, 0.05) is 44.3 Å². The van der Waals surface area contributed by atoms with Gasteiger partial charge in [-0.05, 0) is 38.8 Å². The Kier molecular flexibility index (Phi) is 4.55. The van der Waals surface area contributed by atoms with Gasteiger partial charge in [-0.1, -0.05) is 17.7 Å². The van der Waals surface area contributed by atoms with Crippen molar-refractivity contribution in [1.82, 2.24) is 14.7 Å². The highest BCUT2D eigenvalue weighted by Crippen LogP contribution is 2.22. The van der Waals surface area contributed by atoms with E-state index in [-0.39, 0.29) is 18.0 Å². The highest BCUT2D eigenvalue weighted by atomic mass is 16.2. The van der Waals surface area contributed by atoms with E-state index in [2.05, 4.69) is 0 Å². The third kappa shape index (κ3) is 3.19. The molecule has 3 rings (SSSR count). The predicted molar refractivity (Wildman–Crippen MR) is 89.5 cm³/mol. The van der Waals surface area contributed by atoms with Gasteiger partial charge >= 0.3 is 6.03 Å². The average molecular weight is 315 g/mol. The van der Waals surface area contributed by atoms with Crippen LogP contribution in [0.15, 0.2) is 24.3 Å². The second-order valence-electron chi connectivity index (χ2n) is 6.45. The monoisotopic (exact) mass is 315 g/mol. The van der Waals surface area contributed by atoms with E-state index in [1.807, 2.05) is 52.8 Å². The SMILES string of the molecule is CCN1CCN(C2CCN(C(=O)c3ccc(C)cc3)CC2)C1=O. The first-order valence-electron chi connectivity index (χ1n) is 8.51. The van der Waals surface area contributed by atoms with E-state index in [1.165, 1.54) is 0 Å². The van der Waals surface area contributed by atoms with Crippen molar-refractivity contribution in [2.24, 2.45) is 0 Å². The van der Waals surface area contributed by atoms with Crippen LogP contribution in [0.5, 0.6) is 0 Å². The molecule has 0 spiro atoms.